The second-order valence-corrected chi connectivity index (χ2v) is 6.28. The molecule has 0 aliphatic heterocycles. The maximum atomic E-state index is 8.85. The van der Waals surface area contributed by atoms with E-state index in [-0.39, 0.29) is 0 Å². The lowest BCUT2D eigenvalue weighted by Gasteiger charge is -2.09. The molecule has 0 saturated heterocycles. The molecule has 129 valence electrons. The van der Waals surface area contributed by atoms with E-state index in [0.29, 0.717) is 13.4 Å². The van der Waals surface area contributed by atoms with Crippen molar-refractivity contribution in [2.24, 2.45) is 0 Å². The smallest absolute Gasteiger partial charge is 0.537 e. The molecule has 0 heterocycles. The van der Waals surface area contributed by atoms with Crippen molar-refractivity contribution in [2.75, 3.05) is 0 Å². The van der Waals surface area contributed by atoms with Gasteiger partial charge in [-0.3, -0.25) is 0 Å². The summed E-state index contributed by atoms with van der Waals surface area (Å²) in [5, 5.41) is 8.85. The largest absolute Gasteiger partial charge is 0.569 e. The molecule has 0 saturated carbocycles. The van der Waals surface area contributed by atoms with Crippen molar-refractivity contribution in [2.45, 2.75) is 0 Å². The predicted octanol–water partition coefficient (Wildman–Crippen LogP) is 5.59. The third-order valence-corrected chi connectivity index (χ3v) is 4.52. The fourth-order valence-corrected chi connectivity index (χ4v) is 3.20. The normalized spacial score (nSPS) is 10.4. The van der Waals surface area contributed by atoms with Gasteiger partial charge < -0.3 is 9.68 Å². The van der Waals surface area contributed by atoms with Gasteiger partial charge in [0.25, 0.3) is 0 Å². The van der Waals surface area contributed by atoms with Gasteiger partial charge in [0.05, 0.1) is 0 Å². The van der Waals surface area contributed by atoms with Crippen molar-refractivity contribution in [1.29, 1.82) is 0 Å². The van der Waals surface area contributed by atoms with Crippen molar-refractivity contribution in [3.63, 3.8) is 0 Å². The van der Waals surface area contributed by atoms with E-state index in [1.54, 1.807) is 0 Å². The van der Waals surface area contributed by atoms with Crippen molar-refractivity contribution >= 4 is 7.69 Å². The van der Waals surface area contributed by atoms with Crippen LogP contribution in [0.4, 0.5) is 0 Å². The second-order valence-electron chi connectivity index (χ2n) is 6.28. The van der Waals surface area contributed by atoms with Crippen LogP contribution in [0.1, 0.15) is 0 Å². The monoisotopic (exact) mass is 349 g/mol. The van der Waals surface area contributed by atoms with Gasteiger partial charge in [-0.1, -0.05) is 78.9 Å². The first-order valence-corrected chi connectivity index (χ1v) is 8.82. The van der Waals surface area contributed by atoms with E-state index in [9.17, 15) is 0 Å². The maximum Gasteiger partial charge on any atom is 0.569 e. The molecule has 27 heavy (non-hydrogen) atoms. The molecule has 4 rings (SSSR count). The van der Waals surface area contributed by atoms with Gasteiger partial charge >= 0.3 is 7.69 Å². The average molecular weight is 349 g/mol. The third-order valence-electron chi connectivity index (χ3n) is 4.52. The summed E-state index contributed by atoms with van der Waals surface area (Å²) >= 11 is 0. The lowest BCUT2D eigenvalue weighted by Crippen LogP contribution is -1.99. The number of benzene rings is 4. The van der Waals surface area contributed by atoms with Crippen LogP contribution in [0.5, 0.6) is 5.75 Å². The summed E-state index contributed by atoms with van der Waals surface area (Å²) < 4.78 is 5.08. The number of hydrogen-bond acceptors (Lipinski definition) is 2. The van der Waals surface area contributed by atoms with Crippen LogP contribution in [-0.4, -0.2) is 12.7 Å². The molecule has 4 aromatic rings. The first-order valence-electron chi connectivity index (χ1n) is 8.82. The summed E-state index contributed by atoms with van der Waals surface area (Å²) in [6, 6.07) is 35.1. The zero-order chi connectivity index (χ0) is 18.5. The maximum absolute atomic E-state index is 8.85. The van der Waals surface area contributed by atoms with Crippen LogP contribution in [0.25, 0.3) is 33.4 Å². The van der Waals surface area contributed by atoms with E-state index in [1.807, 2.05) is 30.3 Å². The SMILES string of the molecule is O[B]Oc1cccc(-c2cccc(-c3cccc(-c4ccccc4)c3)c2)c1. The number of rotatable bonds is 5. The summed E-state index contributed by atoms with van der Waals surface area (Å²) in [4.78, 5) is 0. The van der Waals surface area contributed by atoms with Gasteiger partial charge in [-0.25, -0.2) is 0 Å². The molecule has 0 amide bonds. The van der Waals surface area contributed by atoms with Crippen LogP contribution in [-0.2, 0) is 0 Å². The summed E-state index contributed by atoms with van der Waals surface area (Å²) in [5.41, 5.74) is 6.88. The van der Waals surface area contributed by atoms with Gasteiger partial charge in [-0.2, -0.15) is 0 Å². The zero-order valence-corrected chi connectivity index (χ0v) is 14.7. The Labute approximate surface area is 160 Å². The van der Waals surface area contributed by atoms with Crippen LogP contribution in [0, 0.1) is 0 Å². The third kappa shape index (κ3) is 3.94. The fraction of sp³-hybridized carbons (Fsp3) is 0. The molecule has 0 atom stereocenters. The van der Waals surface area contributed by atoms with Gasteiger partial charge in [-0.05, 0) is 57.6 Å². The Bertz CT molecular complexity index is 1040. The molecule has 0 bridgehead atoms. The van der Waals surface area contributed by atoms with E-state index in [1.165, 1.54) is 16.7 Å². The van der Waals surface area contributed by atoms with Gasteiger partial charge in [-0.15, -0.1) is 0 Å². The molecule has 0 spiro atoms. The highest BCUT2D eigenvalue weighted by molar-refractivity contribution is 6.17. The molecular formula is C24H18BO2. The molecule has 3 heteroatoms. The predicted molar refractivity (Wildman–Crippen MR) is 111 cm³/mol. The molecule has 1 N–H and O–H groups in total. The molecule has 0 fully saturated rings. The fourth-order valence-electron chi connectivity index (χ4n) is 3.20. The molecular weight excluding hydrogens is 331 g/mol. The highest BCUT2D eigenvalue weighted by Gasteiger charge is 2.05. The Balaban J connectivity index is 1.70. The molecule has 0 aliphatic carbocycles. The summed E-state index contributed by atoms with van der Waals surface area (Å²) in [6.07, 6.45) is 0. The van der Waals surface area contributed by atoms with E-state index >= 15 is 0 Å². The first-order chi connectivity index (χ1) is 13.3. The van der Waals surface area contributed by atoms with Crippen molar-refractivity contribution in [3.8, 4) is 39.1 Å². The molecule has 0 aromatic heterocycles. The Kier molecular flexibility index (Phi) is 5.04. The average Bonchev–Trinajstić information content (AvgIpc) is 2.75. The molecule has 0 aliphatic rings. The van der Waals surface area contributed by atoms with Crippen LogP contribution in [0.15, 0.2) is 103 Å². The Morgan fingerprint density at radius 2 is 0.926 bits per heavy atom. The minimum Gasteiger partial charge on any atom is -0.537 e. The molecule has 2 nitrogen and oxygen atoms in total. The number of hydrogen-bond donors (Lipinski definition) is 1. The van der Waals surface area contributed by atoms with Gasteiger partial charge in [0, 0.05) is 0 Å². The first kappa shape index (κ1) is 17.1. The quantitative estimate of drug-likeness (QED) is 0.476. The van der Waals surface area contributed by atoms with Gasteiger partial charge in [0.1, 0.15) is 5.75 Å². The van der Waals surface area contributed by atoms with Crippen molar-refractivity contribution in [3.05, 3.63) is 103 Å². The van der Waals surface area contributed by atoms with Crippen LogP contribution in [0.3, 0.4) is 0 Å². The van der Waals surface area contributed by atoms with E-state index in [0.717, 1.165) is 16.7 Å². The van der Waals surface area contributed by atoms with E-state index in [2.05, 4.69) is 72.8 Å². The summed E-state index contributed by atoms with van der Waals surface area (Å²) in [6.45, 7) is 0. The van der Waals surface area contributed by atoms with Crippen molar-refractivity contribution < 1.29 is 9.68 Å². The molecule has 0 unspecified atom stereocenters. The molecule has 4 aromatic carbocycles. The highest BCUT2D eigenvalue weighted by atomic mass is 16.5. The summed E-state index contributed by atoms with van der Waals surface area (Å²) in [5.74, 6) is 0.603. The zero-order valence-electron chi connectivity index (χ0n) is 14.7. The van der Waals surface area contributed by atoms with Crippen LogP contribution >= 0.6 is 0 Å². The van der Waals surface area contributed by atoms with Gasteiger partial charge in [0.15, 0.2) is 0 Å². The van der Waals surface area contributed by atoms with E-state index in [4.69, 9.17) is 9.68 Å². The Hall–Kier alpha value is -3.30. The van der Waals surface area contributed by atoms with E-state index < -0.39 is 0 Å². The minimum absolute atomic E-state index is 0.603. The standard InChI is InChI=1S/C24H18BO2/c26-25-27-24-14-6-13-23(17-24)22-12-5-11-21(16-22)20-10-4-9-19(15-20)18-7-2-1-3-8-18/h1-17,26H. The molecule has 1 radical (unpaired) electrons. The minimum atomic E-state index is 0.603. The lowest BCUT2D eigenvalue weighted by atomic mass is 9.96. The van der Waals surface area contributed by atoms with Crippen LogP contribution < -0.4 is 4.65 Å². The Morgan fingerprint density at radius 3 is 1.48 bits per heavy atom. The van der Waals surface area contributed by atoms with Gasteiger partial charge in [0.2, 0.25) is 0 Å². The summed E-state index contributed by atoms with van der Waals surface area (Å²) in [7, 11) is 0.699. The Morgan fingerprint density at radius 1 is 0.481 bits per heavy atom. The second kappa shape index (κ2) is 7.94. The lowest BCUT2D eigenvalue weighted by molar-refractivity contribution is 0.454. The van der Waals surface area contributed by atoms with Crippen LogP contribution in [0.2, 0.25) is 0 Å². The van der Waals surface area contributed by atoms with Crippen molar-refractivity contribution in [1.82, 2.24) is 0 Å². The topological polar surface area (TPSA) is 29.5 Å². The highest BCUT2D eigenvalue weighted by Crippen LogP contribution is 2.30.